The highest BCUT2D eigenvalue weighted by Gasteiger charge is 2.26. The summed E-state index contributed by atoms with van der Waals surface area (Å²) in [4.78, 5) is 27.3. The van der Waals surface area contributed by atoms with E-state index in [-0.39, 0.29) is 29.7 Å². The predicted octanol–water partition coefficient (Wildman–Crippen LogP) is 4.07. The normalized spacial score (nSPS) is 15.2. The molecule has 0 aliphatic carbocycles. The number of nitrogens with one attached hydrogen (secondary N) is 2. The Labute approximate surface area is 197 Å². The molecule has 0 unspecified atom stereocenters. The van der Waals surface area contributed by atoms with Crippen LogP contribution in [0.2, 0.25) is 0 Å². The van der Waals surface area contributed by atoms with Crippen LogP contribution in [-0.4, -0.2) is 50.0 Å². The highest BCUT2D eigenvalue weighted by Crippen LogP contribution is 2.31. The van der Waals surface area contributed by atoms with Gasteiger partial charge in [0.15, 0.2) is 0 Å². The molecule has 1 fully saturated rings. The maximum absolute atomic E-state index is 12.5. The van der Waals surface area contributed by atoms with Crippen molar-refractivity contribution in [1.29, 1.82) is 0 Å². The van der Waals surface area contributed by atoms with Gasteiger partial charge in [-0.05, 0) is 55.1 Å². The van der Waals surface area contributed by atoms with Gasteiger partial charge in [-0.1, -0.05) is 51.1 Å². The fourth-order valence-corrected chi connectivity index (χ4v) is 4.24. The number of likely N-dealkylation sites (tertiary alicyclic amines) is 1. The van der Waals surface area contributed by atoms with Gasteiger partial charge in [0.2, 0.25) is 5.91 Å². The molecule has 6 heteroatoms. The number of nitrogens with zero attached hydrogens (tertiary/aromatic N) is 1. The number of carbonyl (C=O) groups excluding carboxylic acids is 2. The van der Waals surface area contributed by atoms with Crippen molar-refractivity contribution in [3.8, 4) is 5.75 Å². The Morgan fingerprint density at radius 1 is 1.00 bits per heavy atom. The van der Waals surface area contributed by atoms with Crippen LogP contribution in [0.3, 0.4) is 0 Å². The molecule has 178 valence electrons. The molecule has 0 bridgehead atoms. The van der Waals surface area contributed by atoms with Gasteiger partial charge in [0.05, 0.1) is 13.2 Å². The average molecular weight is 452 g/mol. The summed E-state index contributed by atoms with van der Waals surface area (Å²) < 4.78 is 5.56. The average Bonchev–Trinajstić information content (AvgIpc) is 3.33. The number of carbonyl (C=O) groups is 2. The molecular weight excluding hydrogens is 414 g/mol. The highest BCUT2D eigenvalue weighted by atomic mass is 16.5. The Morgan fingerprint density at radius 2 is 1.67 bits per heavy atom. The second kappa shape index (κ2) is 11.3. The first kappa shape index (κ1) is 24.8. The lowest BCUT2D eigenvalue weighted by molar-refractivity contribution is -0.121. The van der Waals surface area contributed by atoms with Crippen LogP contribution in [0, 0.1) is 0 Å². The zero-order valence-electron chi connectivity index (χ0n) is 20.3. The van der Waals surface area contributed by atoms with Crippen molar-refractivity contribution in [2.45, 2.75) is 51.5 Å². The van der Waals surface area contributed by atoms with Crippen LogP contribution in [0.15, 0.2) is 48.5 Å². The van der Waals surface area contributed by atoms with Crippen LogP contribution in [-0.2, 0) is 10.2 Å². The molecule has 1 heterocycles. The summed E-state index contributed by atoms with van der Waals surface area (Å²) in [6.07, 6.45) is 2.58. The van der Waals surface area contributed by atoms with Crippen molar-refractivity contribution in [1.82, 2.24) is 15.5 Å². The molecule has 3 rings (SSSR count). The van der Waals surface area contributed by atoms with E-state index < -0.39 is 0 Å². The number of benzene rings is 2. The SMILES string of the molecule is COc1ccccc1[C@@H](CNC(=O)CCNC(=O)c1ccc(C(C)(C)C)cc1)N1CCCC1. The van der Waals surface area contributed by atoms with Gasteiger partial charge in [-0.3, -0.25) is 14.5 Å². The minimum atomic E-state index is -0.160. The van der Waals surface area contributed by atoms with E-state index in [0.717, 1.165) is 24.4 Å². The van der Waals surface area contributed by atoms with E-state index in [1.807, 2.05) is 42.5 Å². The summed E-state index contributed by atoms with van der Waals surface area (Å²) in [7, 11) is 1.68. The first-order valence-electron chi connectivity index (χ1n) is 11.8. The molecule has 1 saturated heterocycles. The lowest BCUT2D eigenvalue weighted by Gasteiger charge is -2.29. The highest BCUT2D eigenvalue weighted by molar-refractivity contribution is 5.94. The second-order valence-corrected chi connectivity index (χ2v) is 9.64. The number of rotatable bonds is 9. The lowest BCUT2D eigenvalue weighted by atomic mass is 9.87. The van der Waals surface area contributed by atoms with Crippen LogP contribution in [0.25, 0.3) is 0 Å². The van der Waals surface area contributed by atoms with Crippen molar-refractivity contribution >= 4 is 11.8 Å². The molecule has 2 aromatic rings. The minimum Gasteiger partial charge on any atom is -0.496 e. The number of hydrogen-bond donors (Lipinski definition) is 2. The number of hydrogen-bond acceptors (Lipinski definition) is 4. The number of methoxy groups -OCH3 is 1. The molecule has 0 saturated carbocycles. The Morgan fingerprint density at radius 3 is 2.30 bits per heavy atom. The number of para-hydroxylation sites is 1. The largest absolute Gasteiger partial charge is 0.496 e. The van der Waals surface area contributed by atoms with Crippen molar-refractivity contribution in [2.24, 2.45) is 0 Å². The van der Waals surface area contributed by atoms with Gasteiger partial charge >= 0.3 is 0 Å². The monoisotopic (exact) mass is 451 g/mol. The Kier molecular flexibility index (Phi) is 8.50. The lowest BCUT2D eigenvalue weighted by Crippen LogP contribution is -2.38. The van der Waals surface area contributed by atoms with E-state index in [0.29, 0.717) is 18.7 Å². The van der Waals surface area contributed by atoms with Gasteiger partial charge in [-0.2, -0.15) is 0 Å². The third kappa shape index (κ3) is 6.81. The summed E-state index contributed by atoms with van der Waals surface area (Å²) in [5.41, 5.74) is 2.92. The fraction of sp³-hybridized carbons (Fsp3) is 0.481. The molecule has 2 aromatic carbocycles. The maximum atomic E-state index is 12.5. The number of amides is 2. The quantitative estimate of drug-likeness (QED) is 0.603. The summed E-state index contributed by atoms with van der Waals surface area (Å²) in [5, 5.41) is 5.91. The van der Waals surface area contributed by atoms with Gasteiger partial charge in [0.1, 0.15) is 5.75 Å². The fourth-order valence-electron chi connectivity index (χ4n) is 4.24. The molecule has 0 radical (unpaired) electrons. The molecule has 33 heavy (non-hydrogen) atoms. The van der Waals surface area contributed by atoms with E-state index in [9.17, 15) is 9.59 Å². The Bertz CT molecular complexity index is 928. The topological polar surface area (TPSA) is 70.7 Å². The van der Waals surface area contributed by atoms with Gasteiger partial charge in [0, 0.05) is 30.6 Å². The van der Waals surface area contributed by atoms with Gasteiger partial charge < -0.3 is 15.4 Å². The first-order valence-corrected chi connectivity index (χ1v) is 11.8. The van der Waals surface area contributed by atoms with E-state index in [2.05, 4.69) is 42.4 Å². The van der Waals surface area contributed by atoms with Crippen LogP contribution in [0.1, 0.15) is 67.6 Å². The second-order valence-electron chi connectivity index (χ2n) is 9.64. The van der Waals surface area contributed by atoms with Crippen LogP contribution >= 0.6 is 0 Å². The van der Waals surface area contributed by atoms with E-state index >= 15 is 0 Å². The van der Waals surface area contributed by atoms with Gasteiger partial charge in [-0.15, -0.1) is 0 Å². The molecule has 0 aromatic heterocycles. The third-order valence-corrected chi connectivity index (χ3v) is 6.22. The summed E-state index contributed by atoms with van der Waals surface area (Å²) in [6.45, 7) is 9.27. The van der Waals surface area contributed by atoms with Crippen molar-refractivity contribution in [2.75, 3.05) is 33.3 Å². The maximum Gasteiger partial charge on any atom is 0.251 e. The van der Waals surface area contributed by atoms with Gasteiger partial charge in [0.25, 0.3) is 5.91 Å². The van der Waals surface area contributed by atoms with Crippen LogP contribution < -0.4 is 15.4 Å². The Hall–Kier alpha value is -2.86. The van der Waals surface area contributed by atoms with Crippen molar-refractivity contribution < 1.29 is 14.3 Å². The van der Waals surface area contributed by atoms with Gasteiger partial charge in [-0.25, -0.2) is 0 Å². The molecule has 6 nitrogen and oxygen atoms in total. The van der Waals surface area contributed by atoms with Crippen LogP contribution in [0.5, 0.6) is 5.75 Å². The number of ether oxygens (including phenoxy) is 1. The molecular formula is C27H37N3O3. The summed E-state index contributed by atoms with van der Waals surface area (Å²) >= 11 is 0. The predicted molar refractivity (Wildman–Crippen MR) is 132 cm³/mol. The minimum absolute atomic E-state index is 0.0454. The van der Waals surface area contributed by atoms with E-state index in [4.69, 9.17) is 4.74 Å². The molecule has 1 atom stereocenters. The molecule has 2 amide bonds. The zero-order valence-corrected chi connectivity index (χ0v) is 20.3. The van der Waals surface area contributed by atoms with Crippen molar-refractivity contribution in [3.63, 3.8) is 0 Å². The molecule has 0 spiro atoms. The summed E-state index contributed by atoms with van der Waals surface area (Å²) in [5.74, 6) is 0.609. The molecule has 2 N–H and O–H groups in total. The van der Waals surface area contributed by atoms with E-state index in [1.54, 1.807) is 7.11 Å². The molecule has 1 aliphatic rings. The Balaban J connectivity index is 1.50. The third-order valence-electron chi connectivity index (χ3n) is 6.22. The van der Waals surface area contributed by atoms with E-state index in [1.165, 1.54) is 18.4 Å². The van der Waals surface area contributed by atoms with Crippen LogP contribution in [0.4, 0.5) is 0 Å². The summed E-state index contributed by atoms with van der Waals surface area (Å²) in [6, 6.07) is 15.7. The first-order chi connectivity index (χ1) is 15.8. The van der Waals surface area contributed by atoms with Crippen molar-refractivity contribution in [3.05, 3.63) is 65.2 Å². The zero-order chi connectivity index (χ0) is 23.8. The molecule has 1 aliphatic heterocycles. The smallest absolute Gasteiger partial charge is 0.251 e. The standard InChI is InChI=1S/C27H37N3O3/c1-27(2,3)21-13-11-20(12-14-21)26(32)28-16-15-25(31)29-19-23(30-17-7-8-18-30)22-9-5-6-10-24(22)33-4/h5-6,9-14,23H,7-8,15-19H2,1-4H3,(H,28,32)(H,29,31)/t23-/m1/s1.